The predicted molar refractivity (Wildman–Crippen MR) is 83.4 cm³/mol. The highest BCUT2D eigenvalue weighted by Gasteiger charge is 2.45. The molecule has 2 saturated carbocycles. The van der Waals surface area contributed by atoms with Gasteiger partial charge in [-0.25, -0.2) is 0 Å². The molecule has 2 fully saturated rings. The van der Waals surface area contributed by atoms with Gasteiger partial charge in [-0.1, -0.05) is 40.5 Å². The summed E-state index contributed by atoms with van der Waals surface area (Å²) < 4.78 is 0. The van der Waals surface area contributed by atoms with Gasteiger partial charge < -0.3 is 10.2 Å². The molecule has 0 radical (unpaired) electrons. The Morgan fingerprint density at radius 2 is 1.10 bits per heavy atom. The maximum atomic E-state index is 10.9. The molecule has 6 atom stereocenters. The molecule has 2 heteroatoms. The van der Waals surface area contributed by atoms with Crippen molar-refractivity contribution in [2.45, 2.75) is 78.4 Å². The van der Waals surface area contributed by atoms with Gasteiger partial charge in [0, 0.05) is 5.92 Å². The minimum Gasteiger partial charge on any atom is -0.392 e. The van der Waals surface area contributed by atoms with Crippen LogP contribution < -0.4 is 0 Å². The molecule has 2 aliphatic carbocycles. The molecule has 2 N–H and O–H groups in total. The second kappa shape index (κ2) is 6.79. The van der Waals surface area contributed by atoms with Gasteiger partial charge in [-0.2, -0.15) is 0 Å². The maximum absolute atomic E-state index is 10.9. The van der Waals surface area contributed by atoms with Gasteiger partial charge in [0.15, 0.2) is 0 Å². The Kier molecular flexibility index (Phi) is 5.53. The van der Waals surface area contributed by atoms with Gasteiger partial charge >= 0.3 is 0 Å². The minimum atomic E-state index is -0.308. The second-order valence-corrected chi connectivity index (χ2v) is 8.00. The lowest BCUT2D eigenvalue weighted by atomic mass is 9.72. The molecule has 2 rings (SSSR count). The predicted octanol–water partition coefficient (Wildman–Crippen LogP) is 3.85. The van der Waals surface area contributed by atoms with E-state index in [1.165, 1.54) is 25.7 Å². The third kappa shape index (κ3) is 3.22. The van der Waals surface area contributed by atoms with Crippen LogP contribution in [-0.4, -0.2) is 22.4 Å². The molecule has 20 heavy (non-hydrogen) atoms. The lowest BCUT2D eigenvalue weighted by Gasteiger charge is -2.38. The minimum absolute atomic E-state index is 0.111. The second-order valence-electron chi connectivity index (χ2n) is 8.00. The summed E-state index contributed by atoms with van der Waals surface area (Å²) in [6, 6.07) is 0. The Balaban J connectivity index is 2.25. The van der Waals surface area contributed by atoms with Crippen LogP contribution in [0.15, 0.2) is 0 Å². The average molecular weight is 282 g/mol. The quantitative estimate of drug-likeness (QED) is 0.807. The number of aliphatic hydroxyl groups excluding tert-OH is 2. The van der Waals surface area contributed by atoms with E-state index in [1.807, 2.05) is 0 Å². The summed E-state index contributed by atoms with van der Waals surface area (Å²) in [5.41, 5.74) is 0. The molecule has 118 valence electrons. The fourth-order valence-corrected chi connectivity index (χ4v) is 4.89. The van der Waals surface area contributed by atoms with Crippen molar-refractivity contribution in [2.75, 3.05) is 0 Å². The van der Waals surface area contributed by atoms with Crippen molar-refractivity contribution in [3.05, 3.63) is 0 Å². The molecule has 0 heterocycles. The molecular formula is C18H34O2. The smallest absolute Gasteiger partial charge is 0.0626 e. The summed E-state index contributed by atoms with van der Waals surface area (Å²) in [5.74, 6) is 2.40. The van der Waals surface area contributed by atoms with Crippen molar-refractivity contribution < 1.29 is 10.2 Å². The maximum Gasteiger partial charge on any atom is 0.0626 e. The molecule has 2 nitrogen and oxygen atoms in total. The summed E-state index contributed by atoms with van der Waals surface area (Å²) in [5, 5.41) is 21.9. The first-order valence-electron chi connectivity index (χ1n) is 8.79. The highest BCUT2D eigenvalue weighted by Crippen LogP contribution is 2.45. The van der Waals surface area contributed by atoms with Crippen molar-refractivity contribution >= 4 is 0 Å². The summed E-state index contributed by atoms with van der Waals surface area (Å²) in [7, 11) is 0. The highest BCUT2D eigenvalue weighted by atomic mass is 16.3. The number of hydrogen-bond donors (Lipinski definition) is 2. The number of rotatable bonds is 2. The van der Waals surface area contributed by atoms with Crippen molar-refractivity contribution in [1.82, 2.24) is 0 Å². The Labute approximate surface area is 125 Å². The van der Waals surface area contributed by atoms with E-state index in [9.17, 15) is 10.2 Å². The first-order valence-corrected chi connectivity index (χ1v) is 8.79. The number of aliphatic hydroxyl groups is 2. The standard InChI is InChI=1S/C18H34O2/c1-11(2)14-9-5-7-13-8-6-10-15(12(3)4)18(20)16(13)17(14)19/h11-20H,5-10H2,1-4H3/t13?,14-,15+,16?,17?,18?. The van der Waals surface area contributed by atoms with Gasteiger partial charge in [0.25, 0.3) is 0 Å². The molecule has 2 aliphatic rings. The van der Waals surface area contributed by atoms with Crippen LogP contribution in [0.4, 0.5) is 0 Å². The monoisotopic (exact) mass is 282 g/mol. The summed E-state index contributed by atoms with van der Waals surface area (Å²) in [6.07, 6.45) is 6.49. The van der Waals surface area contributed by atoms with Gasteiger partial charge in [0.2, 0.25) is 0 Å². The van der Waals surface area contributed by atoms with Crippen LogP contribution in [0.2, 0.25) is 0 Å². The van der Waals surface area contributed by atoms with E-state index in [1.54, 1.807) is 0 Å². The lowest BCUT2D eigenvalue weighted by molar-refractivity contribution is -0.0711. The lowest BCUT2D eigenvalue weighted by Crippen LogP contribution is -2.44. The summed E-state index contributed by atoms with van der Waals surface area (Å²) in [4.78, 5) is 0. The molecule has 0 aromatic carbocycles. The van der Waals surface area contributed by atoms with Crippen LogP contribution in [0, 0.1) is 35.5 Å². The fraction of sp³-hybridized carbons (Fsp3) is 1.00. The topological polar surface area (TPSA) is 40.5 Å². The van der Waals surface area contributed by atoms with Gasteiger partial charge in [0.05, 0.1) is 12.2 Å². The van der Waals surface area contributed by atoms with E-state index < -0.39 is 0 Å². The normalized spacial score (nSPS) is 43.2. The molecule has 0 aliphatic heterocycles. The van der Waals surface area contributed by atoms with Crippen LogP contribution in [-0.2, 0) is 0 Å². The summed E-state index contributed by atoms with van der Waals surface area (Å²) >= 11 is 0. The van der Waals surface area contributed by atoms with Crippen LogP contribution in [0.25, 0.3) is 0 Å². The summed E-state index contributed by atoms with van der Waals surface area (Å²) in [6.45, 7) is 8.88. The Morgan fingerprint density at radius 3 is 1.45 bits per heavy atom. The molecule has 0 bridgehead atoms. The fourth-order valence-electron chi connectivity index (χ4n) is 4.89. The Bertz CT molecular complexity index is 272. The van der Waals surface area contributed by atoms with E-state index in [-0.39, 0.29) is 18.1 Å². The van der Waals surface area contributed by atoms with E-state index in [4.69, 9.17) is 0 Å². The Hall–Kier alpha value is -0.0800. The van der Waals surface area contributed by atoms with Crippen molar-refractivity contribution in [3.63, 3.8) is 0 Å². The molecule has 0 spiro atoms. The van der Waals surface area contributed by atoms with Gasteiger partial charge in [-0.3, -0.25) is 0 Å². The van der Waals surface area contributed by atoms with Crippen LogP contribution in [0.5, 0.6) is 0 Å². The van der Waals surface area contributed by atoms with Crippen molar-refractivity contribution in [1.29, 1.82) is 0 Å². The molecule has 4 unspecified atom stereocenters. The average Bonchev–Trinajstić information content (AvgIpc) is 2.62. The van der Waals surface area contributed by atoms with E-state index in [2.05, 4.69) is 27.7 Å². The van der Waals surface area contributed by atoms with Crippen LogP contribution in [0.3, 0.4) is 0 Å². The molecular weight excluding hydrogens is 248 g/mol. The van der Waals surface area contributed by atoms with Crippen LogP contribution >= 0.6 is 0 Å². The van der Waals surface area contributed by atoms with E-state index >= 15 is 0 Å². The van der Waals surface area contributed by atoms with E-state index in [0.29, 0.717) is 29.6 Å². The number of hydrogen-bond acceptors (Lipinski definition) is 2. The first kappa shape index (κ1) is 16.3. The Morgan fingerprint density at radius 1 is 0.700 bits per heavy atom. The molecule has 0 aromatic rings. The van der Waals surface area contributed by atoms with Gasteiger partial charge in [-0.05, 0) is 55.3 Å². The zero-order chi connectivity index (χ0) is 14.9. The first-order chi connectivity index (χ1) is 9.43. The van der Waals surface area contributed by atoms with Gasteiger partial charge in [-0.15, -0.1) is 0 Å². The third-order valence-corrected chi connectivity index (χ3v) is 6.15. The molecule has 0 saturated heterocycles. The van der Waals surface area contributed by atoms with Crippen molar-refractivity contribution in [2.24, 2.45) is 35.5 Å². The molecule has 0 aromatic heterocycles. The zero-order valence-electron chi connectivity index (χ0n) is 13.8. The van der Waals surface area contributed by atoms with Crippen LogP contribution in [0.1, 0.15) is 66.2 Å². The van der Waals surface area contributed by atoms with Crippen molar-refractivity contribution in [3.8, 4) is 0 Å². The van der Waals surface area contributed by atoms with Gasteiger partial charge in [0.1, 0.15) is 0 Å². The largest absolute Gasteiger partial charge is 0.392 e. The number of fused-ring (bicyclic) bond motifs is 1. The highest BCUT2D eigenvalue weighted by molar-refractivity contribution is 4.94. The zero-order valence-corrected chi connectivity index (χ0v) is 13.8. The van der Waals surface area contributed by atoms with E-state index in [0.717, 1.165) is 12.8 Å². The SMILES string of the molecule is CC(C)[C@H]1CCCC2CCC[C@@H](C(C)C)C(O)C2C1O. The molecule has 0 amide bonds. The third-order valence-electron chi connectivity index (χ3n) is 6.15.